The van der Waals surface area contributed by atoms with Gasteiger partial charge in [-0.25, -0.2) is 9.59 Å². The number of nitrogens with one attached hydrogen (secondary N) is 1. The number of aromatic nitrogens is 2. The van der Waals surface area contributed by atoms with Crippen LogP contribution in [0.2, 0.25) is 0 Å². The number of carbonyl (C=O) groups excluding carboxylic acids is 2. The van der Waals surface area contributed by atoms with Crippen LogP contribution in [0.25, 0.3) is 5.69 Å². The van der Waals surface area contributed by atoms with E-state index in [0.717, 1.165) is 56.9 Å². The molecule has 222 valence electrons. The van der Waals surface area contributed by atoms with Gasteiger partial charge in [-0.2, -0.15) is 4.98 Å². The van der Waals surface area contributed by atoms with E-state index in [1.165, 1.54) is 28.5 Å². The molecule has 11 nitrogen and oxygen atoms in total. The maximum Gasteiger partial charge on any atom is 0.354 e. The number of fused-ring (bicyclic) bond motifs is 1. The summed E-state index contributed by atoms with van der Waals surface area (Å²) in [7, 11) is 0. The lowest BCUT2D eigenvalue weighted by Crippen LogP contribution is -2.58. The summed E-state index contributed by atoms with van der Waals surface area (Å²) in [4.78, 5) is 48.2. The minimum absolute atomic E-state index is 0.136. The number of carbonyl (C=O) groups is 2. The Bertz CT molecular complexity index is 1300. The molecule has 1 atom stereocenters. The third kappa shape index (κ3) is 6.79. The van der Waals surface area contributed by atoms with Crippen LogP contribution in [-0.4, -0.2) is 93.6 Å². The Morgan fingerprint density at radius 1 is 1.00 bits per heavy atom. The van der Waals surface area contributed by atoms with Gasteiger partial charge in [-0.1, -0.05) is 6.07 Å². The Kier molecular flexibility index (Phi) is 8.77. The van der Waals surface area contributed by atoms with E-state index in [2.05, 4.69) is 27.3 Å². The summed E-state index contributed by atoms with van der Waals surface area (Å²) in [5, 5.41) is 2.72. The van der Waals surface area contributed by atoms with Gasteiger partial charge in [0, 0.05) is 38.4 Å². The summed E-state index contributed by atoms with van der Waals surface area (Å²) in [6.07, 6.45) is 8.45. The average molecular weight is 565 g/mol. The van der Waals surface area contributed by atoms with Crippen LogP contribution in [0.15, 0.2) is 35.3 Å². The van der Waals surface area contributed by atoms with Crippen LogP contribution >= 0.6 is 0 Å². The molecule has 11 heteroatoms. The predicted molar refractivity (Wildman–Crippen MR) is 159 cm³/mol. The fraction of sp³-hybridized carbons (Fsp3) is 0.600. The van der Waals surface area contributed by atoms with Gasteiger partial charge in [0.2, 0.25) is 5.91 Å². The minimum atomic E-state index is -0.944. The Balaban J connectivity index is 1.17. The van der Waals surface area contributed by atoms with Crippen LogP contribution in [0.4, 0.5) is 10.6 Å². The van der Waals surface area contributed by atoms with Gasteiger partial charge in [0.15, 0.2) is 0 Å². The molecule has 5 rings (SSSR count). The number of piperazine rings is 1. The van der Waals surface area contributed by atoms with E-state index < -0.39 is 11.2 Å². The van der Waals surface area contributed by atoms with Gasteiger partial charge in [-0.3, -0.25) is 14.7 Å². The molecule has 1 unspecified atom stereocenters. The SMILES string of the molecule is CC(C)(N)C(=O)N1CCN(C(=O)Nc2ccn(-c3ccc4c(c3)CCC(N3CCC(CCN)CC3)C4)c(=O)n2)CC1. The first kappa shape index (κ1) is 29.2. The number of anilines is 1. The lowest BCUT2D eigenvalue weighted by molar-refractivity contribution is -0.137. The van der Waals surface area contributed by atoms with Gasteiger partial charge < -0.3 is 26.2 Å². The van der Waals surface area contributed by atoms with Crippen LogP contribution in [0, 0.1) is 5.92 Å². The van der Waals surface area contributed by atoms with E-state index in [1.54, 1.807) is 35.9 Å². The Labute approximate surface area is 241 Å². The molecule has 3 amide bonds. The molecule has 2 fully saturated rings. The standard InChI is InChI=1S/C30H44N8O3/c1-30(2,32)27(39)36-15-17-37(18-16-36)28(40)33-26-10-14-38(29(41)34-26)25-6-4-22-19-24(5-3-23(22)20-25)35-12-8-21(7-11-31)9-13-35/h4,6,10,14,20-21,24H,3,5,7-9,11-13,15-19,31-32H2,1-2H3,(H,33,34,40,41). The molecule has 0 saturated carbocycles. The number of benzene rings is 1. The first-order valence-corrected chi connectivity index (χ1v) is 14.9. The van der Waals surface area contributed by atoms with Crippen molar-refractivity contribution >= 4 is 17.8 Å². The highest BCUT2D eigenvalue weighted by molar-refractivity contribution is 5.89. The number of nitrogens with two attached hydrogens (primary N) is 2. The summed E-state index contributed by atoms with van der Waals surface area (Å²) >= 11 is 0. The number of urea groups is 1. The summed E-state index contributed by atoms with van der Waals surface area (Å²) in [6.45, 7) is 8.05. The van der Waals surface area contributed by atoms with Crippen molar-refractivity contribution in [2.75, 3.05) is 51.1 Å². The Hall–Kier alpha value is -3.28. The van der Waals surface area contributed by atoms with Crippen molar-refractivity contribution in [3.8, 4) is 5.69 Å². The van der Waals surface area contributed by atoms with Crippen LogP contribution in [0.3, 0.4) is 0 Å². The van der Waals surface area contributed by atoms with Crippen molar-refractivity contribution in [2.24, 2.45) is 17.4 Å². The maximum atomic E-state index is 12.9. The van der Waals surface area contributed by atoms with Crippen molar-refractivity contribution in [1.29, 1.82) is 0 Å². The van der Waals surface area contributed by atoms with Gasteiger partial charge in [0.05, 0.1) is 11.2 Å². The highest BCUT2D eigenvalue weighted by Crippen LogP contribution is 2.30. The molecule has 2 aliphatic heterocycles. The number of piperidine rings is 1. The second kappa shape index (κ2) is 12.3. The van der Waals surface area contributed by atoms with Gasteiger partial charge in [-0.05, 0) is 107 Å². The lowest BCUT2D eigenvalue weighted by atomic mass is 9.85. The fourth-order valence-electron chi connectivity index (χ4n) is 6.40. The molecular formula is C30H44N8O3. The van der Waals surface area contributed by atoms with Crippen LogP contribution in [-0.2, 0) is 17.6 Å². The van der Waals surface area contributed by atoms with Crippen molar-refractivity contribution in [3.63, 3.8) is 0 Å². The predicted octanol–water partition coefficient (Wildman–Crippen LogP) is 1.56. The monoisotopic (exact) mass is 564 g/mol. The van der Waals surface area contributed by atoms with E-state index >= 15 is 0 Å². The second-order valence-corrected chi connectivity index (χ2v) is 12.3. The van der Waals surface area contributed by atoms with Gasteiger partial charge in [0.25, 0.3) is 0 Å². The summed E-state index contributed by atoms with van der Waals surface area (Å²) in [5.41, 5.74) is 13.7. The van der Waals surface area contributed by atoms with Crippen molar-refractivity contribution in [1.82, 2.24) is 24.3 Å². The van der Waals surface area contributed by atoms with Gasteiger partial charge in [0.1, 0.15) is 5.82 Å². The molecule has 1 aliphatic carbocycles. The molecule has 1 aromatic carbocycles. The minimum Gasteiger partial charge on any atom is -0.338 e. The molecule has 1 aromatic heterocycles. The molecule has 0 radical (unpaired) electrons. The summed E-state index contributed by atoms with van der Waals surface area (Å²) in [5.74, 6) is 0.843. The maximum absolute atomic E-state index is 12.9. The van der Waals surface area contributed by atoms with Crippen molar-refractivity contribution < 1.29 is 9.59 Å². The number of amides is 3. The zero-order chi connectivity index (χ0) is 29.1. The zero-order valence-electron chi connectivity index (χ0n) is 24.3. The number of rotatable bonds is 6. The van der Waals surface area contributed by atoms with E-state index in [-0.39, 0.29) is 17.8 Å². The van der Waals surface area contributed by atoms with Crippen LogP contribution in [0.1, 0.15) is 50.7 Å². The van der Waals surface area contributed by atoms with E-state index in [0.29, 0.717) is 32.2 Å². The second-order valence-electron chi connectivity index (χ2n) is 12.3. The number of hydrogen-bond acceptors (Lipinski definition) is 7. The van der Waals surface area contributed by atoms with E-state index in [4.69, 9.17) is 11.5 Å². The largest absolute Gasteiger partial charge is 0.354 e. The first-order valence-electron chi connectivity index (χ1n) is 14.9. The van der Waals surface area contributed by atoms with Crippen molar-refractivity contribution in [2.45, 2.75) is 64.0 Å². The summed E-state index contributed by atoms with van der Waals surface area (Å²) in [6, 6.07) is 8.11. The lowest BCUT2D eigenvalue weighted by Gasteiger charge is -2.40. The highest BCUT2D eigenvalue weighted by Gasteiger charge is 2.32. The smallest absolute Gasteiger partial charge is 0.338 e. The quantitative estimate of drug-likeness (QED) is 0.483. The van der Waals surface area contributed by atoms with E-state index in [9.17, 15) is 14.4 Å². The fourth-order valence-corrected chi connectivity index (χ4v) is 6.40. The Morgan fingerprint density at radius 3 is 2.37 bits per heavy atom. The molecule has 3 heterocycles. The van der Waals surface area contributed by atoms with Gasteiger partial charge >= 0.3 is 11.7 Å². The molecule has 0 bridgehead atoms. The molecule has 41 heavy (non-hydrogen) atoms. The Morgan fingerprint density at radius 2 is 1.71 bits per heavy atom. The van der Waals surface area contributed by atoms with Crippen LogP contribution < -0.4 is 22.5 Å². The number of hydrogen-bond donors (Lipinski definition) is 3. The first-order chi connectivity index (χ1) is 19.6. The molecule has 3 aliphatic rings. The number of aryl methyl sites for hydroxylation is 1. The molecular weight excluding hydrogens is 520 g/mol. The number of nitrogens with zero attached hydrogens (tertiary/aromatic N) is 5. The zero-order valence-corrected chi connectivity index (χ0v) is 24.3. The molecule has 5 N–H and O–H groups in total. The topological polar surface area (TPSA) is 143 Å². The average Bonchev–Trinajstić information content (AvgIpc) is 2.96. The van der Waals surface area contributed by atoms with Crippen LogP contribution in [0.5, 0.6) is 0 Å². The third-order valence-electron chi connectivity index (χ3n) is 8.85. The summed E-state index contributed by atoms with van der Waals surface area (Å²) < 4.78 is 1.52. The van der Waals surface area contributed by atoms with Gasteiger partial charge in [-0.15, -0.1) is 0 Å². The highest BCUT2D eigenvalue weighted by atomic mass is 16.2. The normalized spacial score (nSPS) is 20.5. The molecule has 0 spiro atoms. The third-order valence-corrected chi connectivity index (χ3v) is 8.85. The van der Waals surface area contributed by atoms with E-state index in [1.807, 2.05) is 6.07 Å². The molecule has 2 aromatic rings. The number of likely N-dealkylation sites (tertiary alicyclic amines) is 1. The van der Waals surface area contributed by atoms with Crippen molar-refractivity contribution in [3.05, 3.63) is 52.1 Å². The molecule has 2 saturated heterocycles.